The van der Waals surface area contributed by atoms with E-state index in [9.17, 15) is 9.59 Å². The summed E-state index contributed by atoms with van der Waals surface area (Å²) >= 11 is 0. The Balaban J connectivity index is 2.66. The van der Waals surface area contributed by atoms with Crippen LogP contribution in [-0.2, 0) is 9.68 Å². The number of urea groups is 1. The van der Waals surface area contributed by atoms with Crippen molar-refractivity contribution in [1.29, 1.82) is 0 Å². The Morgan fingerprint density at radius 1 is 1.55 bits per heavy atom. The van der Waals surface area contributed by atoms with Gasteiger partial charge in [0.1, 0.15) is 0 Å². The molecule has 1 rings (SSSR count). The fourth-order valence-electron chi connectivity index (χ4n) is 0.771. The first kappa shape index (κ1) is 7.96. The van der Waals surface area contributed by atoms with Crippen molar-refractivity contribution in [2.24, 2.45) is 5.92 Å². The summed E-state index contributed by atoms with van der Waals surface area (Å²) in [5.41, 5.74) is 0. The molecule has 1 saturated heterocycles. The van der Waals surface area contributed by atoms with Crippen LogP contribution in [0.2, 0.25) is 0 Å². The Labute approximate surface area is 62.5 Å². The predicted octanol–water partition coefficient (Wildman–Crippen LogP) is -0.722. The van der Waals surface area contributed by atoms with Crippen LogP contribution in [0.15, 0.2) is 0 Å². The molecule has 3 N–H and O–H groups in total. The highest BCUT2D eigenvalue weighted by Crippen LogP contribution is 2.06. The number of hydrogen-bond acceptors (Lipinski definition) is 4. The number of rotatable bonds is 1. The molecule has 6 nitrogen and oxygen atoms in total. The summed E-state index contributed by atoms with van der Waals surface area (Å²) in [6.07, 6.45) is -0.948. The lowest BCUT2D eigenvalue weighted by atomic mass is 10.1. The summed E-state index contributed by atoms with van der Waals surface area (Å²) in [6, 6.07) is -0.660. The van der Waals surface area contributed by atoms with Gasteiger partial charge in [-0.25, -0.2) is 14.9 Å². The molecule has 2 atom stereocenters. The standard InChI is InChI=1S/C5H8N2O4/c1-2-3(8)6-5(9)7-4(2)11-10/h2,4,10H,1H3,(H2,6,7,8,9)/t2-,4+/m1/s1. The molecule has 0 spiro atoms. The third kappa shape index (κ3) is 1.47. The van der Waals surface area contributed by atoms with Crippen molar-refractivity contribution in [1.82, 2.24) is 10.6 Å². The zero-order chi connectivity index (χ0) is 8.43. The third-order valence-corrected chi connectivity index (χ3v) is 1.49. The fraction of sp³-hybridized carbons (Fsp3) is 0.600. The average molecular weight is 160 g/mol. The zero-order valence-corrected chi connectivity index (χ0v) is 5.83. The second kappa shape index (κ2) is 2.85. The van der Waals surface area contributed by atoms with E-state index in [1.807, 2.05) is 5.32 Å². The minimum absolute atomic E-state index is 0.465. The summed E-state index contributed by atoms with van der Waals surface area (Å²) < 4.78 is 0. The van der Waals surface area contributed by atoms with E-state index < -0.39 is 24.1 Å². The highest BCUT2D eigenvalue weighted by atomic mass is 17.1. The Morgan fingerprint density at radius 2 is 2.18 bits per heavy atom. The molecule has 0 aromatic heterocycles. The van der Waals surface area contributed by atoms with Crippen molar-refractivity contribution >= 4 is 11.9 Å². The van der Waals surface area contributed by atoms with Crippen molar-refractivity contribution < 1.29 is 19.7 Å². The van der Waals surface area contributed by atoms with Crippen LogP contribution in [0.1, 0.15) is 6.92 Å². The zero-order valence-electron chi connectivity index (χ0n) is 5.83. The molecule has 0 radical (unpaired) electrons. The van der Waals surface area contributed by atoms with Crippen molar-refractivity contribution in [3.63, 3.8) is 0 Å². The van der Waals surface area contributed by atoms with Gasteiger partial charge in [0.15, 0.2) is 6.23 Å². The van der Waals surface area contributed by atoms with Crippen LogP contribution >= 0.6 is 0 Å². The third-order valence-electron chi connectivity index (χ3n) is 1.49. The van der Waals surface area contributed by atoms with Gasteiger partial charge in [-0.2, -0.15) is 0 Å². The van der Waals surface area contributed by atoms with Crippen molar-refractivity contribution in [2.45, 2.75) is 13.2 Å². The first-order valence-electron chi connectivity index (χ1n) is 3.06. The molecule has 1 heterocycles. The molecular formula is C5H8N2O4. The van der Waals surface area contributed by atoms with Gasteiger partial charge >= 0.3 is 6.03 Å². The largest absolute Gasteiger partial charge is 0.323 e. The predicted molar refractivity (Wildman–Crippen MR) is 33.3 cm³/mol. The van der Waals surface area contributed by atoms with Crippen molar-refractivity contribution in [3.05, 3.63) is 0 Å². The van der Waals surface area contributed by atoms with Crippen LogP contribution in [0.4, 0.5) is 4.79 Å². The summed E-state index contributed by atoms with van der Waals surface area (Å²) in [4.78, 5) is 25.2. The van der Waals surface area contributed by atoms with Crippen LogP contribution in [0.3, 0.4) is 0 Å². The van der Waals surface area contributed by atoms with Gasteiger partial charge in [-0.15, -0.1) is 0 Å². The van der Waals surface area contributed by atoms with E-state index >= 15 is 0 Å². The van der Waals surface area contributed by atoms with E-state index in [-0.39, 0.29) is 0 Å². The Morgan fingerprint density at radius 3 is 2.73 bits per heavy atom. The summed E-state index contributed by atoms with van der Waals surface area (Å²) in [5.74, 6) is -1.05. The first-order valence-corrected chi connectivity index (χ1v) is 3.06. The van der Waals surface area contributed by atoms with Gasteiger partial charge in [0.2, 0.25) is 5.91 Å². The first-order chi connectivity index (χ1) is 5.15. The normalized spacial score (nSPS) is 31.1. The average Bonchev–Trinajstić information content (AvgIpc) is 1.96. The lowest BCUT2D eigenvalue weighted by Crippen LogP contribution is -2.57. The van der Waals surface area contributed by atoms with Gasteiger partial charge in [-0.1, -0.05) is 0 Å². The van der Waals surface area contributed by atoms with Gasteiger partial charge in [0, 0.05) is 0 Å². The SMILES string of the molecule is C[C@@H]1C(=O)NC(=O)N[C@H]1OO. The molecular weight excluding hydrogens is 152 g/mol. The molecule has 1 fully saturated rings. The van der Waals surface area contributed by atoms with Crippen molar-refractivity contribution in [3.8, 4) is 0 Å². The quantitative estimate of drug-likeness (QED) is 0.349. The molecule has 1 aliphatic rings. The number of carbonyl (C=O) groups is 2. The van der Waals surface area contributed by atoms with Crippen LogP contribution in [-0.4, -0.2) is 23.4 Å². The molecule has 11 heavy (non-hydrogen) atoms. The number of carbonyl (C=O) groups excluding carboxylic acids is 2. The van der Waals surface area contributed by atoms with Crippen LogP contribution in [0, 0.1) is 5.92 Å². The Hall–Kier alpha value is -1.14. The minimum Gasteiger partial charge on any atom is -0.309 e. The van der Waals surface area contributed by atoms with Crippen LogP contribution in [0.25, 0.3) is 0 Å². The van der Waals surface area contributed by atoms with E-state index in [0.717, 1.165) is 0 Å². The monoisotopic (exact) mass is 160 g/mol. The van der Waals surface area contributed by atoms with Crippen LogP contribution < -0.4 is 10.6 Å². The van der Waals surface area contributed by atoms with Crippen molar-refractivity contribution in [2.75, 3.05) is 0 Å². The number of imide groups is 1. The molecule has 6 heteroatoms. The van der Waals surface area contributed by atoms with Crippen LogP contribution in [0.5, 0.6) is 0 Å². The molecule has 0 saturated carbocycles. The Bertz CT molecular complexity index is 193. The van der Waals surface area contributed by atoms with Gasteiger partial charge < -0.3 is 5.32 Å². The van der Waals surface area contributed by atoms with E-state index in [1.165, 1.54) is 6.92 Å². The summed E-state index contributed by atoms with van der Waals surface area (Å²) in [7, 11) is 0. The lowest BCUT2D eigenvalue weighted by molar-refractivity contribution is -0.292. The summed E-state index contributed by atoms with van der Waals surface area (Å²) in [6.45, 7) is 1.52. The molecule has 0 unspecified atom stereocenters. The second-order valence-corrected chi connectivity index (χ2v) is 2.28. The maximum absolute atomic E-state index is 10.8. The highest BCUT2D eigenvalue weighted by molar-refractivity contribution is 5.98. The maximum Gasteiger partial charge on any atom is 0.323 e. The fourth-order valence-corrected chi connectivity index (χ4v) is 0.771. The van der Waals surface area contributed by atoms with Gasteiger partial charge in [-0.3, -0.25) is 10.1 Å². The van der Waals surface area contributed by atoms with Gasteiger partial charge in [-0.05, 0) is 6.92 Å². The number of hydrogen-bond donors (Lipinski definition) is 3. The lowest BCUT2D eigenvalue weighted by Gasteiger charge is -2.25. The van der Waals surface area contributed by atoms with E-state index in [4.69, 9.17) is 5.26 Å². The molecule has 0 aromatic carbocycles. The highest BCUT2D eigenvalue weighted by Gasteiger charge is 2.32. The number of amides is 3. The molecule has 0 aliphatic carbocycles. The van der Waals surface area contributed by atoms with E-state index in [2.05, 4.69) is 10.2 Å². The minimum atomic E-state index is -0.948. The molecule has 0 bridgehead atoms. The summed E-state index contributed by atoms with van der Waals surface area (Å²) in [5, 5.41) is 12.4. The molecule has 0 aromatic rings. The second-order valence-electron chi connectivity index (χ2n) is 2.28. The Kier molecular flexibility index (Phi) is 2.06. The maximum atomic E-state index is 10.8. The molecule has 3 amide bonds. The number of nitrogens with one attached hydrogen (secondary N) is 2. The molecule has 1 aliphatic heterocycles. The van der Waals surface area contributed by atoms with E-state index in [0.29, 0.717) is 0 Å². The van der Waals surface area contributed by atoms with E-state index in [1.54, 1.807) is 0 Å². The topological polar surface area (TPSA) is 87.7 Å². The van der Waals surface area contributed by atoms with Gasteiger partial charge in [0.25, 0.3) is 0 Å². The smallest absolute Gasteiger partial charge is 0.309 e. The molecule has 62 valence electrons. The van der Waals surface area contributed by atoms with Gasteiger partial charge in [0.05, 0.1) is 5.92 Å².